The number of imidazole rings is 1. The molecule has 0 N–H and O–H groups in total. The summed E-state index contributed by atoms with van der Waals surface area (Å²) in [5.41, 5.74) is 3.99. The number of benzene rings is 1. The lowest BCUT2D eigenvalue weighted by molar-refractivity contribution is 0.303. The lowest BCUT2D eigenvalue weighted by atomic mass is 10.2. The first-order valence-corrected chi connectivity index (χ1v) is 13.0. The number of thiazole rings is 1. The zero-order valence-corrected chi connectivity index (χ0v) is 20.5. The molecule has 1 aromatic carbocycles. The molecule has 0 atom stereocenters. The van der Waals surface area contributed by atoms with E-state index in [1.165, 1.54) is 0 Å². The van der Waals surface area contributed by atoms with Gasteiger partial charge in [-0.25, -0.2) is 14.5 Å². The van der Waals surface area contributed by atoms with Crippen molar-refractivity contribution < 1.29 is 13.9 Å². The second-order valence-corrected chi connectivity index (χ2v) is 10.1. The number of nitrogens with zero attached hydrogens (tertiary/aromatic N) is 5. The van der Waals surface area contributed by atoms with E-state index in [1.807, 2.05) is 55.2 Å². The van der Waals surface area contributed by atoms with Gasteiger partial charge in [0.15, 0.2) is 16.5 Å². The maximum Gasteiger partial charge on any atom is 0.185 e. The molecule has 1 saturated heterocycles. The molecule has 34 heavy (non-hydrogen) atoms. The van der Waals surface area contributed by atoms with Crippen LogP contribution in [0.3, 0.4) is 0 Å². The minimum Gasteiger partial charge on any atom is -0.496 e. The average molecular weight is 494 g/mol. The van der Waals surface area contributed by atoms with Crippen molar-refractivity contribution in [3.8, 4) is 23.0 Å². The van der Waals surface area contributed by atoms with Gasteiger partial charge in [-0.1, -0.05) is 0 Å². The van der Waals surface area contributed by atoms with Crippen molar-refractivity contribution in [3.63, 3.8) is 0 Å². The highest BCUT2D eigenvalue weighted by Crippen LogP contribution is 2.37. The van der Waals surface area contributed by atoms with Gasteiger partial charge in [0.05, 0.1) is 30.1 Å². The summed E-state index contributed by atoms with van der Waals surface area (Å²) in [5.74, 6) is 4.30. The van der Waals surface area contributed by atoms with Crippen molar-refractivity contribution in [1.82, 2.24) is 19.6 Å². The molecular formula is C24H23N5O3S2. The van der Waals surface area contributed by atoms with Crippen molar-refractivity contribution in [2.75, 3.05) is 36.6 Å². The molecular weight excluding hydrogens is 470 g/mol. The van der Waals surface area contributed by atoms with E-state index in [4.69, 9.17) is 18.9 Å². The summed E-state index contributed by atoms with van der Waals surface area (Å²) in [6.07, 6.45) is 1.87. The first-order valence-electron chi connectivity index (χ1n) is 11.0. The fourth-order valence-electron chi connectivity index (χ4n) is 3.96. The Morgan fingerprint density at radius 3 is 2.85 bits per heavy atom. The van der Waals surface area contributed by atoms with E-state index in [-0.39, 0.29) is 0 Å². The molecule has 4 aromatic heterocycles. The first-order chi connectivity index (χ1) is 16.7. The largest absolute Gasteiger partial charge is 0.496 e. The molecule has 0 unspecified atom stereocenters. The van der Waals surface area contributed by atoms with Crippen LogP contribution in [-0.4, -0.2) is 51.3 Å². The Labute approximate surface area is 204 Å². The fourth-order valence-corrected chi connectivity index (χ4v) is 5.72. The second-order valence-electron chi connectivity index (χ2n) is 8.06. The maximum atomic E-state index is 6.22. The van der Waals surface area contributed by atoms with Crippen LogP contribution in [0.1, 0.15) is 11.4 Å². The zero-order valence-electron chi connectivity index (χ0n) is 18.9. The third-order valence-electron chi connectivity index (χ3n) is 5.71. The number of anilines is 1. The van der Waals surface area contributed by atoms with Crippen molar-refractivity contribution in [2.24, 2.45) is 0 Å². The molecule has 0 radical (unpaired) electrons. The van der Waals surface area contributed by atoms with Gasteiger partial charge in [-0.15, -0.1) is 11.3 Å². The Kier molecular flexibility index (Phi) is 5.54. The van der Waals surface area contributed by atoms with E-state index in [1.54, 1.807) is 23.0 Å². The third kappa shape index (κ3) is 4.07. The highest BCUT2D eigenvalue weighted by Gasteiger charge is 2.18. The van der Waals surface area contributed by atoms with Gasteiger partial charge in [-0.2, -0.15) is 16.9 Å². The SMILES string of the molecule is COc1cc(OCc2csc(N3CCSCC3)n2)c2cc(-c3cn4nc(C)ccc4n3)oc2c1. The number of rotatable bonds is 6. The van der Waals surface area contributed by atoms with Crippen LogP contribution in [-0.2, 0) is 6.61 Å². The Bertz CT molecular complexity index is 1470. The predicted octanol–water partition coefficient (Wildman–Crippen LogP) is 5.05. The van der Waals surface area contributed by atoms with Crippen LogP contribution in [0, 0.1) is 6.92 Å². The van der Waals surface area contributed by atoms with Crippen LogP contribution in [0.4, 0.5) is 5.13 Å². The number of hydrogen-bond donors (Lipinski definition) is 0. The molecule has 1 aliphatic heterocycles. The average Bonchev–Trinajstić information content (AvgIpc) is 3.60. The molecule has 1 aliphatic rings. The number of methoxy groups -OCH3 is 1. The molecule has 174 valence electrons. The molecule has 1 fully saturated rings. The topological polar surface area (TPSA) is 77.9 Å². The van der Waals surface area contributed by atoms with E-state index < -0.39 is 0 Å². The summed E-state index contributed by atoms with van der Waals surface area (Å²) in [4.78, 5) is 11.8. The normalized spacial score (nSPS) is 14.2. The van der Waals surface area contributed by atoms with Crippen molar-refractivity contribution in [2.45, 2.75) is 13.5 Å². The van der Waals surface area contributed by atoms with Gasteiger partial charge in [0.25, 0.3) is 0 Å². The number of fused-ring (bicyclic) bond motifs is 2. The van der Waals surface area contributed by atoms with Gasteiger partial charge >= 0.3 is 0 Å². The molecule has 0 amide bonds. The Balaban J connectivity index is 1.29. The first kappa shape index (κ1) is 21.3. The summed E-state index contributed by atoms with van der Waals surface area (Å²) < 4.78 is 19.6. The minimum atomic E-state index is 0.374. The van der Waals surface area contributed by atoms with E-state index in [2.05, 4.69) is 20.4 Å². The highest BCUT2D eigenvalue weighted by atomic mass is 32.2. The molecule has 6 rings (SSSR count). The lowest BCUT2D eigenvalue weighted by Gasteiger charge is -2.25. The van der Waals surface area contributed by atoms with Gasteiger partial charge in [0.1, 0.15) is 29.4 Å². The lowest BCUT2D eigenvalue weighted by Crippen LogP contribution is -2.32. The van der Waals surface area contributed by atoms with Crippen LogP contribution < -0.4 is 14.4 Å². The molecule has 0 saturated carbocycles. The molecule has 0 bridgehead atoms. The number of furan rings is 1. The standard InChI is InChI=1S/C24H23N5O3S2/c1-15-3-4-23-26-19(12-29(23)27-15)22-11-18-20(9-17(30-2)10-21(18)32-22)31-13-16-14-34-24(25-16)28-5-7-33-8-6-28/h3-4,9-12,14H,5-8,13H2,1-2H3. The van der Waals surface area contributed by atoms with Crippen LogP contribution in [0.25, 0.3) is 28.1 Å². The fraction of sp³-hybridized carbons (Fsp3) is 0.292. The monoisotopic (exact) mass is 493 g/mol. The van der Waals surface area contributed by atoms with E-state index in [0.29, 0.717) is 35.1 Å². The summed E-state index contributed by atoms with van der Waals surface area (Å²) in [7, 11) is 1.63. The number of aromatic nitrogens is 4. The molecule has 8 nitrogen and oxygen atoms in total. The molecule has 5 aromatic rings. The minimum absolute atomic E-state index is 0.374. The quantitative estimate of drug-likeness (QED) is 0.325. The van der Waals surface area contributed by atoms with Gasteiger partial charge in [-0.3, -0.25) is 0 Å². The van der Waals surface area contributed by atoms with E-state index in [0.717, 1.165) is 52.1 Å². The van der Waals surface area contributed by atoms with Crippen molar-refractivity contribution >= 4 is 44.8 Å². The van der Waals surface area contributed by atoms with Crippen LogP contribution in [0.2, 0.25) is 0 Å². The van der Waals surface area contributed by atoms with Crippen LogP contribution in [0.15, 0.2) is 46.3 Å². The Hall–Kier alpha value is -3.24. The maximum absolute atomic E-state index is 6.22. The van der Waals surface area contributed by atoms with Crippen molar-refractivity contribution in [1.29, 1.82) is 0 Å². The molecule has 0 spiro atoms. The summed E-state index contributed by atoms with van der Waals surface area (Å²) in [5, 5.41) is 8.47. The Morgan fingerprint density at radius 1 is 1.12 bits per heavy atom. The van der Waals surface area contributed by atoms with Crippen LogP contribution >= 0.6 is 23.1 Å². The van der Waals surface area contributed by atoms with Gasteiger partial charge in [0.2, 0.25) is 0 Å². The van der Waals surface area contributed by atoms with Gasteiger partial charge < -0.3 is 18.8 Å². The third-order valence-corrected chi connectivity index (χ3v) is 7.60. The molecule has 10 heteroatoms. The summed E-state index contributed by atoms with van der Waals surface area (Å²) in [6, 6.07) is 9.58. The number of thioether (sulfide) groups is 1. The number of aryl methyl sites for hydroxylation is 1. The number of ether oxygens (including phenoxy) is 2. The van der Waals surface area contributed by atoms with E-state index in [9.17, 15) is 0 Å². The molecule has 5 heterocycles. The molecule has 0 aliphatic carbocycles. The zero-order chi connectivity index (χ0) is 23.1. The highest BCUT2D eigenvalue weighted by molar-refractivity contribution is 7.99. The van der Waals surface area contributed by atoms with Gasteiger partial charge in [-0.05, 0) is 25.1 Å². The summed E-state index contributed by atoms with van der Waals surface area (Å²) in [6.45, 7) is 4.42. The van der Waals surface area contributed by atoms with Gasteiger partial charge in [0, 0.05) is 42.1 Å². The smallest absolute Gasteiger partial charge is 0.185 e. The Morgan fingerprint density at radius 2 is 2.00 bits per heavy atom. The van der Waals surface area contributed by atoms with E-state index >= 15 is 0 Å². The van der Waals surface area contributed by atoms with Crippen molar-refractivity contribution in [3.05, 3.63) is 53.3 Å². The van der Waals surface area contributed by atoms with Crippen LogP contribution in [0.5, 0.6) is 11.5 Å². The predicted molar refractivity (Wildman–Crippen MR) is 135 cm³/mol. The number of hydrogen-bond acceptors (Lipinski definition) is 9. The second kappa shape index (κ2) is 8.84. The summed E-state index contributed by atoms with van der Waals surface area (Å²) >= 11 is 3.67.